The van der Waals surface area contributed by atoms with Crippen molar-refractivity contribution in [1.29, 1.82) is 0 Å². The number of benzene rings is 2. The largest absolute Gasteiger partial charge is 0.255 e. The summed E-state index contributed by atoms with van der Waals surface area (Å²) in [6.07, 6.45) is 1.94. The molecule has 0 N–H and O–H groups in total. The van der Waals surface area contributed by atoms with Crippen LogP contribution < -0.4 is 0 Å². The van der Waals surface area contributed by atoms with Gasteiger partial charge in [0.25, 0.3) is 0 Å². The third-order valence-corrected chi connectivity index (χ3v) is 3.64. The van der Waals surface area contributed by atoms with Gasteiger partial charge in [0.05, 0.1) is 5.69 Å². The molecule has 2 heteroatoms. The second-order valence-electron chi connectivity index (χ2n) is 4.34. The highest BCUT2D eigenvalue weighted by atomic mass is 79.9. The Kier molecular flexibility index (Phi) is 2.88. The molecule has 88 valence electrons. The van der Waals surface area contributed by atoms with E-state index in [1.807, 2.05) is 18.3 Å². The van der Waals surface area contributed by atoms with Gasteiger partial charge in [0, 0.05) is 21.6 Å². The molecule has 0 spiro atoms. The van der Waals surface area contributed by atoms with Gasteiger partial charge in [-0.25, -0.2) is 0 Å². The first kappa shape index (κ1) is 11.4. The number of pyridine rings is 1. The number of aromatic nitrogens is 1. The second kappa shape index (κ2) is 4.54. The van der Waals surface area contributed by atoms with Crippen molar-refractivity contribution in [2.24, 2.45) is 0 Å². The third-order valence-electron chi connectivity index (χ3n) is 3.11. The molecule has 0 atom stereocenters. The molecule has 1 nitrogen and oxygen atoms in total. The first-order valence-corrected chi connectivity index (χ1v) is 6.65. The maximum absolute atomic E-state index is 4.59. The summed E-state index contributed by atoms with van der Waals surface area (Å²) in [5, 5.41) is 2.48. The average molecular weight is 298 g/mol. The summed E-state index contributed by atoms with van der Waals surface area (Å²) < 4.78 is 1.09. The Balaban J connectivity index is 2.30. The van der Waals surface area contributed by atoms with Crippen LogP contribution in [0.2, 0.25) is 0 Å². The smallest absolute Gasteiger partial charge is 0.0780 e. The van der Waals surface area contributed by atoms with Crippen LogP contribution in [-0.2, 0) is 0 Å². The summed E-state index contributed by atoms with van der Waals surface area (Å²) in [5.41, 5.74) is 3.41. The highest BCUT2D eigenvalue weighted by Gasteiger charge is 2.06. The first-order chi connectivity index (χ1) is 8.75. The van der Waals surface area contributed by atoms with Gasteiger partial charge in [0.15, 0.2) is 0 Å². The number of nitrogens with zero attached hydrogens (tertiary/aromatic N) is 1. The molecule has 0 fully saturated rings. The fraction of sp³-hybridized carbons (Fsp3) is 0.0625. The molecule has 1 heterocycles. The van der Waals surface area contributed by atoms with E-state index in [-0.39, 0.29) is 0 Å². The Morgan fingerprint density at radius 1 is 0.889 bits per heavy atom. The van der Waals surface area contributed by atoms with Crippen molar-refractivity contribution in [3.8, 4) is 11.3 Å². The molecule has 0 aliphatic rings. The zero-order valence-electron chi connectivity index (χ0n) is 10.0. The summed E-state index contributed by atoms with van der Waals surface area (Å²) in [5.74, 6) is 0. The second-order valence-corrected chi connectivity index (χ2v) is 5.26. The van der Waals surface area contributed by atoms with Crippen molar-refractivity contribution in [3.63, 3.8) is 0 Å². The summed E-state index contributed by atoms with van der Waals surface area (Å²) in [6.45, 7) is 2.10. The van der Waals surface area contributed by atoms with E-state index in [0.717, 1.165) is 15.7 Å². The molecule has 3 aromatic rings. The van der Waals surface area contributed by atoms with Crippen LogP contribution >= 0.6 is 15.9 Å². The SMILES string of the molecule is Cc1cnc(-c2ccc(Br)cc2)c2ccccc12. The van der Waals surface area contributed by atoms with Gasteiger partial charge < -0.3 is 0 Å². The molecule has 18 heavy (non-hydrogen) atoms. The average Bonchev–Trinajstić information content (AvgIpc) is 2.41. The highest BCUT2D eigenvalue weighted by molar-refractivity contribution is 9.10. The Morgan fingerprint density at radius 3 is 2.28 bits per heavy atom. The van der Waals surface area contributed by atoms with Crippen molar-refractivity contribution >= 4 is 26.7 Å². The summed E-state index contributed by atoms with van der Waals surface area (Å²) in [6, 6.07) is 16.7. The number of aryl methyl sites for hydroxylation is 1. The summed E-state index contributed by atoms with van der Waals surface area (Å²) in [4.78, 5) is 4.59. The number of halogens is 1. The van der Waals surface area contributed by atoms with Gasteiger partial charge in [-0.05, 0) is 30.0 Å². The van der Waals surface area contributed by atoms with Crippen molar-refractivity contribution in [2.45, 2.75) is 6.92 Å². The van der Waals surface area contributed by atoms with E-state index < -0.39 is 0 Å². The monoisotopic (exact) mass is 297 g/mol. The quantitative estimate of drug-likeness (QED) is 0.618. The van der Waals surface area contributed by atoms with E-state index in [1.54, 1.807) is 0 Å². The number of fused-ring (bicyclic) bond motifs is 1. The molecule has 0 unspecified atom stereocenters. The number of hydrogen-bond acceptors (Lipinski definition) is 1. The molecule has 0 saturated heterocycles. The molecule has 0 radical (unpaired) electrons. The zero-order chi connectivity index (χ0) is 12.5. The van der Waals surface area contributed by atoms with Crippen LogP contribution in [0.15, 0.2) is 59.2 Å². The Morgan fingerprint density at radius 2 is 1.56 bits per heavy atom. The van der Waals surface area contributed by atoms with E-state index in [1.165, 1.54) is 16.3 Å². The van der Waals surface area contributed by atoms with Gasteiger partial charge in [-0.1, -0.05) is 52.3 Å². The normalized spacial score (nSPS) is 10.8. The Bertz CT molecular complexity index is 702. The minimum Gasteiger partial charge on any atom is -0.255 e. The lowest BCUT2D eigenvalue weighted by atomic mass is 10.0. The van der Waals surface area contributed by atoms with Gasteiger partial charge >= 0.3 is 0 Å². The number of rotatable bonds is 1. The maximum Gasteiger partial charge on any atom is 0.0780 e. The molecule has 0 saturated carbocycles. The van der Waals surface area contributed by atoms with Crippen LogP contribution in [-0.4, -0.2) is 4.98 Å². The van der Waals surface area contributed by atoms with Crippen LogP contribution in [0.3, 0.4) is 0 Å². The van der Waals surface area contributed by atoms with Crippen LogP contribution in [0.4, 0.5) is 0 Å². The van der Waals surface area contributed by atoms with Crippen LogP contribution in [0.5, 0.6) is 0 Å². The molecule has 2 aromatic carbocycles. The van der Waals surface area contributed by atoms with Crippen molar-refractivity contribution in [3.05, 3.63) is 64.8 Å². The van der Waals surface area contributed by atoms with Gasteiger partial charge in [-0.3, -0.25) is 4.98 Å². The van der Waals surface area contributed by atoms with Crippen molar-refractivity contribution < 1.29 is 0 Å². The predicted molar refractivity (Wildman–Crippen MR) is 79.6 cm³/mol. The lowest BCUT2D eigenvalue weighted by Crippen LogP contribution is -1.88. The third kappa shape index (κ3) is 1.93. The zero-order valence-corrected chi connectivity index (χ0v) is 11.6. The number of hydrogen-bond donors (Lipinski definition) is 0. The lowest BCUT2D eigenvalue weighted by molar-refractivity contribution is 1.31. The van der Waals surface area contributed by atoms with Crippen molar-refractivity contribution in [2.75, 3.05) is 0 Å². The standard InChI is InChI=1S/C16H12BrN/c1-11-10-18-16(12-6-8-13(17)9-7-12)15-5-3-2-4-14(11)15/h2-10H,1H3. The van der Waals surface area contributed by atoms with Crippen LogP contribution in [0, 0.1) is 6.92 Å². The molecule has 1 aromatic heterocycles. The Labute approximate surface area is 115 Å². The molecule has 0 amide bonds. The van der Waals surface area contributed by atoms with E-state index in [4.69, 9.17) is 0 Å². The van der Waals surface area contributed by atoms with Gasteiger partial charge in [-0.15, -0.1) is 0 Å². The highest BCUT2D eigenvalue weighted by Crippen LogP contribution is 2.28. The fourth-order valence-corrected chi connectivity index (χ4v) is 2.44. The Hall–Kier alpha value is -1.67. The molecular weight excluding hydrogens is 286 g/mol. The molecule has 0 aliphatic carbocycles. The molecular formula is C16H12BrN. The molecule has 0 aliphatic heterocycles. The van der Waals surface area contributed by atoms with E-state index >= 15 is 0 Å². The van der Waals surface area contributed by atoms with E-state index in [2.05, 4.69) is 64.2 Å². The van der Waals surface area contributed by atoms with E-state index in [0.29, 0.717) is 0 Å². The van der Waals surface area contributed by atoms with E-state index in [9.17, 15) is 0 Å². The van der Waals surface area contributed by atoms with Gasteiger partial charge in [-0.2, -0.15) is 0 Å². The predicted octanol–water partition coefficient (Wildman–Crippen LogP) is 4.97. The first-order valence-electron chi connectivity index (χ1n) is 5.86. The van der Waals surface area contributed by atoms with Crippen molar-refractivity contribution in [1.82, 2.24) is 4.98 Å². The van der Waals surface area contributed by atoms with Crippen LogP contribution in [0.25, 0.3) is 22.0 Å². The summed E-state index contributed by atoms with van der Waals surface area (Å²) in [7, 11) is 0. The molecule has 0 bridgehead atoms. The minimum atomic E-state index is 1.05. The maximum atomic E-state index is 4.59. The topological polar surface area (TPSA) is 12.9 Å². The lowest BCUT2D eigenvalue weighted by Gasteiger charge is -2.08. The van der Waals surface area contributed by atoms with Gasteiger partial charge in [0.2, 0.25) is 0 Å². The van der Waals surface area contributed by atoms with Gasteiger partial charge in [0.1, 0.15) is 0 Å². The minimum absolute atomic E-state index is 1.05. The van der Waals surface area contributed by atoms with Crippen LogP contribution in [0.1, 0.15) is 5.56 Å². The molecule has 3 rings (SSSR count). The summed E-state index contributed by atoms with van der Waals surface area (Å²) >= 11 is 3.46. The fourth-order valence-electron chi connectivity index (χ4n) is 2.17.